The Kier molecular flexibility index (Phi) is 4.44. The average molecular weight is 376 g/mol. The molecule has 0 radical (unpaired) electrons. The van der Waals surface area contributed by atoms with E-state index in [4.69, 9.17) is 11.6 Å². The lowest BCUT2D eigenvalue weighted by atomic mass is 10.1. The predicted octanol–water partition coefficient (Wildman–Crippen LogP) is 4.94. The number of benzene rings is 3. The number of aromatic hydroxyl groups is 2. The molecule has 4 rings (SSSR count). The summed E-state index contributed by atoms with van der Waals surface area (Å²) in [5, 5.41) is 19.7. The van der Waals surface area contributed by atoms with Crippen LogP contribution >= 0.6 is 11.6 Å². The highest BCUT2D eigenvalue weighted by Gasteiger charge is 2.12. The van der Waals surface area contributed by atoms with Gasteiger partial charge in [-0.1, -0.05) is 11.6 Å². The Balaban J connectivity index is 1.89. The summed E-state index contributed by atoms with van der Waals surface area (Å²) in [6.45, 7) is 0. The van der Waals surface area contributed by atoms with Gasteiger partial charge in [0.15, 0.2) is 17.5 Å². The molecule has 0 amide bonds. The number of phenols is 2. The monoisotopic (exact) mass is 375 g/mol. The summed E-state index contributed by atoms with van der Waals surface area (Å²) < 4.78 is 0. The van der Waals surface area contributed by atoms with Gasteiger partial charge in [-0.15, -0.1) is 0 Å². The molecule has 0 aliphatic carbocycles. The van der Waals surface area contributed by atoms with Crippen molar-refractivity contribution in [2.75, 3.05) is 0 Å². The molecule has 0 saturated heterocycles. The Morgan fingerprint density at radius 2 is 0.778 bits per heavy atom. The van der Waals surface area contributed by atoms with E-state index in [1.54, 1.807) is 60.7 Å². The van der Waals surface area contributed by atoms with Crippen molar-refractivity contribution < 1.29 is 10.2 Å². The highest BCUT2D eigenvalue weighted by Crippen LogP contribution is 2.27. The fourth-order valence-electron chi connectivity index (χ4n) is 2.58. The van der Waals surface area contributed by atoms with Crippen molar-refractivity contribution >= 4 is 11.6 Å². The Hall–Kier alpha value is -3.44. The zero-order valence-electron chi connectivity index (χ0n) is 14.0. The van der Waals surface area contributed by atoms with Crippen LogP contribution in [0.15, 0.2) is 72.8 Å². The van der Waals surface area contributed by atoms with Crippen LogP contribution in [-0.2, 0) is 0 Å². The van der Waals surface area contributed by atoms with Crippen LogP contribution in [0.1, 0.15) is 0 Å². The van der Waals surface area contributed by atoms with Crippen LogP contribution < -0.4 is 0 Å². The molecule has 0 saturated carbocycles. The first-order chi connectivity index (χ1) is 13.1. The third-order valence-corrected chi connectivity index (χ3v) is 4.24. The zero-order chi connectivity index (χ0) is 18.8. The SMILES string of the molecule is Oc1ccc(-c2nc(-c3ccc(O)cc3)nc(-c3ccc(Cl)cc3)n2)cc1. The van der Waals surface area contributed by atoms with Crippen molar-refractivity contribution in [3.8, 4) is 45.7 Å². The first-order valence-corrected chi connectivity index (χ1v) is 8.57. The van der Waals surface area contributed by atoms with Gasteiger partial charge in [-0.3, -0.25) is 0 Å². The van der Waals surface area contributed by atoms with E-state index in [0.29, 0.717) is 22.5 Å². The second kappa shape index (κ2) is 7.05. The van der Waals surface area contributed by atoms with Gasteiger partial charge in [-0.25, -0.2) is 15.0 Å². The summed E-state index contributed by atoms with van der Waals surface area (Å²) in [4.78, 5) is 13.7. The van der Waals surface area contributed by atoms with Crippen LogP contribution in [0, 0.1) is 0 Å². The summed E-state index contributed by atoms with van der Waals surface area (Å²) in [6.07, 6.45) is 0. The second-order valence-corrected chi connectivity index (χ2v) is 6.34. The molecule has 27 heavy (non-hydrogen) atoms. The van der Waals surface area contributed by atoms with Gasteiger partial charge in [0.2, 0.25) is 0 Å². The Morgan fingerprint density at radius 3 is 1.11 bits per heavy atom. The van der Waals surface area contributed by atoms with Gasteiger partial charge in [0, 0.05) is 21.7 Å². The lowest BCUT2D eigenvalue weighted by Crippen LogP contribution is -2.00. The minimum Gasteiger partial charge on any atom is -0.508 e. The molecule has 0 aliphatic rings. The smallest absolute Gasteiger partial charge is 0.164 e. The van der Waals surface area contributed by atoms with Crippen LogP contribution in [0.4, 0.5) is 0 Å². The molecule has 0 unspecified atom stereocenters. The lowest BCUT2D eigenvalue weighted by molar-refractivity contribution is 0.475. The van der Waals surface area contributed by atoms with Gasteiger partial charge < -0.3 is 10.2 Å². The van der Waals surface area contributed by atoms with Gasteiger partial charge in [-0.05, 0) is 72.8 Å². The quantitative estimate of drug-likeness (QED) is 0.530. The standard InChI is InChI=1S/C21H14ClN3O2/c22-16-7-1-13(2-8-16)19-23-20(14-3-9-17(26)10-4-14)25-21(24-19)15-5-11-18(27)12-6-15/h1-12,26-27H. The average Bonchev–Trinajstić information content (AvgIpc) is 2.69. The van der Waals surface area contributed by atoms with Crippen molar-refractivity contribution in [1.29, 1.82) is 0 Å². The van der Waals surface area contributed by atoms with Crippen LogP contribution in [-0.4, -0.2) is 25.2 Å². The van der Waals surface area contributed by atoms with Crippen LogP contribution in [0.25, 0.3) is 34.2 Å². The molecule has 4 aromatic rings. The molecular weight excluding hydrogens is 362 g/mol. The van der Waals surface area contributed by atoms with E-state index >= 15 is 0 Å². The molecule has 0 bridgehead atoms. The zero-order valence-corrected chi connectivity index (χ0v) is 14.8. The van der Waals surface area contributed by atoms with Crippen molar-refractivity contribution in [3.05, 3.63) is 77.8 Å². The number of nitrogens with zero attached hydrogens (tertiary/aromatic N) is 3. The fraction of sp³-hybridized carbons (Fsp3) is 0. The lowest BCUT2D eigenvalue weighted by Gasteiger charge is -2.08. The third-order valence-electron chi connectivity index (χ3n) is 3.99. The third kappa shape index (κ3) is 3.73. The second-order valence-electron chi connectivity index (χ2n) is 5.91. The molecule has 1 heterocycles. The Labute approximate surface area is 160 Å². The van der Waals surface area contributed by atoms with E-state index in [2.05, 4.69) is 15.0 Å². The number of rotatable bonds is 3. The molecule has 0 atom stereocenters. The van der Waals surface area contributed by atoms with Crippen LogP contribution in [0.3, 0.4) is 0 Å². The Bertz CT molecular complexity index is 926. The van der Waals surface area contributed by atoms with Crippen LogP contribution in [0.2, 0.25) is 5.02 Å². The molecule has 1 aromatic heterocycles. The molecule has 132 valence electrons. The molecule has 5 nitrogen and oxygen atoms in total. The number of hydrogen-bond donors (Lipinski definition) is 2. The minimum absolute atomic E-state index is 0.171. The molecule has 0 fully saturated rings. The van der Waals surface area contributed by atoms with E-state index in [1.807, 2.05) is 12.1 Å². The predicted molar refractivity (Wildman–Crippen MR) is 104 cm³/mol. The molecule has 6 heteroatoms. The number of hydrogen-bond acceptors (Lipinski definition) is 5. The topological polar surface area (TPSA) is 79.1 Å². The molecule has 0 aliphatic heterocycles. The van der Waals surface area contributed by atoms with Crippen molar-refractivity contribution in [2.24, 2.45) is 0 Å². The first-order valence-electron chi connectivity index (χ1n) is 8.19. The summed E-state index contributed by atoms with van der Waals surface area (Å²) in [5.41, 5.74) is 2.32. The summed E-state index contributed by atoms with van der Waals surface area (Å²) in [7, 11) is 0. The highest BCUT2D eigenvalue weighted by molar-refractivity contribution is 6.30. The highest BCUT2D eigenvalue weighted by atomic mass is 35.5. The van der Waals surface area contributed by atoms with Gasteiger partial charge in [0.25, 0.3) is 0 Å². The van der Waals surface area contributed by atoms with Crippen molar-refractivity contribution in [2.45, 2.75) is 0 Å². The van der Waals surface area contributed by atoms with E-state index < -0.39 is 0 Å². The van der Waals surface area contributed by atoms with E-state index in [-0.39, 0.29) is 11.5 Å². The first kappa shape index (κ1) is 17.0. The maximum atomic E-state index is 9.53. The number of halogens is 1. The van der Waals surface area contributed by atoms with Crippen LogP contribution in [0.5, 0.6) is 11.5 Å². The van der Waals surface area contributed by atoms with Gasteiger partial charge in [0.1, 0.15) is 11.5 Å². The maximum Gasteiger partial charge on any atom is 0.164 e. The molecular formula is C21H14ClN3O2. The van der Waals surface area contributed by atoms with Gasteiger partial charge in [0.05, 0.1) is 0 Å². The van der Waals surface area contributed by atoms with Crippen molar-refractivity contribution in [3.63, 3.8) is 0 Å². The summed E-state index contributed by atoms with van der Waals surface area (Å²) in [5.74, 6) is 1.82. The van der Waals surface area contributed by atoms with E-state index in [9.17, 15) is 10.2 Å². The fourth-order valence-corrected chi connectivity index (χ4v) is 2.71. The summed E-state index contributed by atoms with van der Waals surface area (Å²) >= 11 is 5.98. The van der Waals surface area contributed by atoms with E-state index in [1.165, 1.54) is 0 Å². The molecule has 2 N–H and O–H groups in total. The maximum absolute atomic E-state index is 9.53. The minimum atomic E-state index is 0.171. The summed E-state index contributed by atoms with van der Waals surface area (Å²) in [6, 6.07) is 20.6. The van der Waals surface area contributed by atoms with Gasteiger partial charge in [-0.2, -0.15) is 0 Å². The largest absolute Gasteiger partial charge is 0.508 e. The molecule has 0 spiro atoms. The van der Waals surface area contributed by atoms with Crippen molar-refractivity contribution in [1.82, 2.24) is 15.0 Å². The molecule has 3 aromatic carbocycles. The normalized spacial score (nSPS) is 10.7. The Morgan fingerprint density at radius 1 is 0.481 bits per heavy atom. The van der Waals surface area contributed by atoms with E-state index in [0.717, 1.165) is 16.7 Å². The number of aromatic nitrogens is 3. The van der Waals surface area contributed by atoms with Gasteiger partial charge >= 0.3 is 0 Å². The number of phenolic OH excluding ortho intramolecular Hbond substituents is 2.